The van der Waals surface area contributed by atoms with E-state index in [4.69, 9.17) is 0 Å². The van der Waals surface area contributed by atoms with E-state index in [2.05, 4.69) is 29.6 Å². The number of hydrogen-bond acceptors (Lipinski definition) is 2. The zero-order chi connectivity index (χ0) is 16.2. The molecule has 1 amide bonds. The fraction of sp³-hybridized carbons (Fsp3) is 0.368. The van der Waals surface area contributed by atoms with Crippen molar-refractivity contribution < 1.29 is 4.79 Å². The van der Waals surface area contributed by atoms with Crippen molar-refractivity contribution in [1.82, 2.24) is 9.88 Å². The number of amides is 1. The monoisotopic (exact) mass is 310 g/mol. The van der Waals surface area contributed by atoms with Crippen LogP contribution in [0.1, 0.15) is 35.4 Å². The minimum absolute atomic E-state index is 0.0783. The summed E-state index contributed by atoms with van der Waals surface area (Å²) in [6.07, 6.45) is 5.04. The molecular weight excluding hydrogens is 288 g/mol. The number of nitrogens with one attached hydrogen (secondary N) is 1. The maximum atomic E-state index is 12.2. The molecule has 0 fully saturated rings. The van der Waals surface area contributed by atoms with Crippen molar-refractivity contribution in [3.05, 3.63) is 69.6 Å². The molecule has 4 heteroatoms. The molecule has 1 heterocycles. The largest absolute Gasteiger partial charge is 0.354 e. The topological polar surface area (TPSA) is 51.1 Å². The number of nitrogens with zero attached hydrogens (tertiary/aromatic N) is 1. The predicted molar refractivity (Wildman–Crippen MR) is 90.6 cm³/mol. The van der Waals surface area contributed by atoms with Gasteiger partial charge in [-0.05, 0) is 43.4 Å². The number of carbonyl (C=O) groups is 1. The van der Waals surface area contributed by atoms with Crippen LogP contribution in [0.15, 0.2) is 47.4 Å². The number of hydrogen-bond donors (Lipinski definition) is 1. The lowest BCUT2D eigenvalue weighted by molar-refractivity contribution is -0.121. The second-order valence-electron chi connectivity index (χ2n) is 6.22. The predicted octanol–water partition coefficient (Wildman–Crippen LogP) is 2.39. The number of aromatic nitrogens is 1. The zero-order valence-corrected chi connectivity index (χ0v) is 13.4. The zero-order valence-electron chi connectivity index (χ0n) is 13.4. The highest BCUT2D eigenvalue weighted by Gasteiger charge is 2.20. The smallest absolute Gasteiger partial charge is 0.253 e. The summed E-state index contributed by atoms with van der Waals surface area (Å²) < 4.78 is 1.46. The van der Waals surface area contributed by atoms with Crippen LogP contribution < -0.4 is 10.9 Å². The highest BCUT2D eigenvalue weighted by molar-refractivity contribution is 5.75. The van der Waals surface area contributed by atoms with Gasteiger partial charge in [0.1, 0.15) is 6.54 Å². The molecular formula is C19H22N2O2. The molecule has 0 saturated heterocycles. The third-order valence-electron chi connectivity index (χ3n) is 4.56. The van der Waals surface area contributed by atoms with Gasteiger partial charge < -0.3 is 9.88 Å². The molecule has 3 rings (SSSR count). The Morgan fingerprint density at radius 2 is 2.09 bits per heavy atom. The molecule has 120 valence electrons. The van der Waals surface area contributed by atoms with Crippen molar-refractivity contribution >= 4 is 5.91 Å². The maximum absolute atomic E-state index is 12.2. The van der Waals surface area contributed by atoms with Gasteiger partial charge in [-0.25, -0.2) is 0 Å². The lowest BCUT2D eigenvalue weighted by Crippen LogP contribution is -2.35. The molecule has 1 atom stereocenters. The van der Waals surface area contributed by atoms with E-state index < -0.39 is 0 Å². The summed E-state index contributed by atoms with van der Waals surface area (Å²) in [7, 11) is 0. The Morgan fingerprint density at radius 1 is 1.26 bits per heavy atom. The molecule has 1 N–H and O–H groups in total. The summed E-state index contributed by atoms with van der Waals surface area (Å²) in [6, 6.07) is 12.0. The molecule has 0 radical (unpaired) electrons. The summed E-state index contributed by atoms with van der Waals surface area (Å²) in [4.78, 5) is 24.1. The summed E-state index contributed by atoms with van der Waals surface area (Å²) in [5, 5.41) is 2.99. The first-order valence-electron chi connectivity index (χ1n) is 8.15. The second-order valence-corrected chi connectivity index (χ2v) is 6.22. The van der Waals surface area contributed by atoms with Crippen LogP contribution in [-0.2, 0) is 17.8 Å². The molecule has 1 aliphatic carbocycles. The van der Waals surface area contributed by atoms with Crippen LogP contribution in [-0.4, -0.2) is 17.0 Å². The van der Waals surface area contributed by atoms with E-state index in [0.29, 0.717) is 18.0 Å². The third-order valence-corrected chi connectivity index (χ3v) is 4.56. The molecule has 23 heavy (non-hydrogen) atoms. The Morgan fingerprint density at radius 3 is 2.96 bits per heavy atom. The van der Waals surface area contributed by atoms with Crippen LogP contribution in [0.5, 0.6) is 0 Å². The Kier molecular flexibility index (Phi) is 4.60. The van der Waals surface area contributed by atoms with Gasteiger partial charge in [-0.15, -0.1) is 0 Å². The minimum Gasteiger partial charge on any atom is -0.354 e. The first kappa shape index (κ1) is 15.5. The fourth-order valence-electron chi connectivity index (χ4n) is 3.30. The molecule has 0 saturated carbocycles. The van der Waals surface area contributed by atoms with Crippen LogP contribution in [0.3, 0.4) is 0 Å². The Hall–Kier alpha value is -2.36. The quantitative estimate of drug-likeness (QED) is 0.943. The van der Waals surface area contributed by atoms with E-state index >= 15 is 0 Å². The number of aryl methyl sites for hydroxylation is 2. The van der Waals surface area contributed by atoms with Gasteiger partial charge in [-0.1, -0.05) is 30.3 Å². The average Bonchev–Trinajstić information content (AvgIpc) is 2.57. The Labute approximate surface area is 136 Å². The molecule has 1 aromatic carbocycles. The van der Waals surface area contributed by atoms with Crippen LogP contribution in [0.2, 0.25) is 0 Å². The lowest BCUT2D eigenvalue weighted by Gasteiger charge is -2.25. The summed E-state index contributed by atoms with van der Waals surface area (Å²) in [5.74, 6) is 0.263. The van der Waals surface area contributed by atoms with Crippen LogP contribution in [0, 0.1) is 6.92 Å². The third kappa shape index (κ3) is 3.52. The van der Waals surface area contributed by atoms with Gasteiger partial charge in [0.25, 0.3) is 5.56 Å². The summed E-state index contributed by atoms with van der Waals surface area (Å²) in [5.41, 5.74) is 3.30. The summed E-state index contributed by atoms with van der Waals surface area (Å²) in [6.45, 7) is 2.47. The van der Waals surface area contributed by atoms with Crippen molar-refractivity contribution in [3.63, 3.8) is 0 Å². The van der Waals surface area contributed by atoms with E-state index in [1.54, 1.807) is 25.3 Å². The van der Waals surface area contributed by atoms with E-state index in [1.807, 2.05) is 0 Å². The standard InChI is InChI=1S/C19H22N2O2/c1-14-6-5-11-21(19(14)23)13-18(22)20-12-16-9-4-8-15-7-2-3-10-17(15)16/h2-3,5-7,10-11,16H,4,8-9,12-13H2,1H3,(H,20,22). The van der Waals surface area contributed by atoms with E-state index in [-0.39, 0.29) is 18.0 Å². The fourth-order valence-corrected chi connectivity index (χ4v) is 3.30. The van der Waals surface area contributed by atoms with Crippen molar-refractivity contribution in [2.45, 2.75) is 38.6 Å². The van der Waals surface area contributed by atoms with Gasteiger partial charge in [-0.2, -0.15) is 0 Å². The maximum Gasteiger partial charge on any atom is 0.253 e. The molecule has 4 nitrogen and oxygen atoms in total. The van der Waals surface area contributed by atoms with Gasteiger partial charge >= 0.3 is 0 Å². The van der Waals surface area contributed by atoms with Gasteiger partial charge in [-0.3, -0.25) is 9.59 Å². The van der Waals surface area contributed by atoms with Crippen LogP contribution in [0.4, 0.5) is 0 Å². The number of carbonyl (C=O) groups excluding carboxylic acids is 1. The second kappa shape index (κ2) is 6.82. The highest BCUT2D eigenvalue weighted by Crippen LogP contribution is 2.30. The first-order chi connectivity index (χ1) is 11.1. The Balaban J connectivity index is 1.62. The van der Waals surface area contributed by atoms with E-state index in [9.17, 15) is 9.59 Å². The number of benzene rings is 1. The van der Waals surface area contributed by atoms with Gasteiger partial charge in [0.15, 0.2) is 0 Å². The van der Waals surface area contributed by atoms with Crippen LogP contribution >= 0.6 is 0 Å². The first-order valence-corrected chi connectivity index (χ1v) is 8.15. The Bertz CT molecular complexity index is 764. The van der Waals surface area contributed by atoms with Crippen molar-refractivity contribution in [3.8, 4) is 0 Å². The van der Waals surface area contributed by atoms with E-state index in [1.165, 1.54) is 15.7 Å². The molecule has 0 aliphatic heterocycles. The normalized spacial score (nSPS) is 16.7. The molecule has 1 unspecified atom stereocenters. The molecule has 1 aromatic heterocycles. The molecule has 0 bridgehead atoms. The van der Waals surface area contributed by atoms with Crippen molar-refractivity contribution in [2.75, 3.05) is 6.54 Å². The summed E-state index contributed by atoms with van der Waals surface area (Å²) >= 11 is 0. The number of fused-ring (bicyclic) bond motifs is 1. The molecule has 0 spiro atoms. The van der Waals surface area contributed by atoms with Gasteiger partial charge in [0.2, 0.25) is 5.91 Å². The van der Waals surface area contributed by atoms with Gasteiger partial charge in [0.05, 0.1) is 0 Å². The minimum atomic E-state index is -0.110. The highest BCUT2D eigenvalue weighted by atomic mass is 16.2. The molecule has 1 aliphatic rings. The van der Waals surface area contributed by atoms with Gasteiger partial charge in [0, 0.05) is 24.2 Å². The van der Waals surface area contributed by atoms with Crippen molar-refractivity contribution in [2.24, 2.45) is 0 Å². The average molecular weight is 310 g/mol. The van der Waals surface area contributed by atoms with E-state index in [0.717, 1.165) is 19.3 Å². The molecule has 2 aromatic rings. The van der Waals surface area contributed by atoms with Crippen molar-refractivity contribution in [1.29, 1.82) is 0 Å². The number of rotatable bonds is 4. The van der Waals surface area contributed by atoms with Crippen LogP contribution in [0.25, 0.3) is 0 Å². The lowest BCUT2D eigenvalue weighted by atomic mass is 9.83. The number of pyridine rings is 1. The SMILES string of the molecule is Cc1cccn(CC(=O)NCC2CCCc3ccccc32)c1=O.